The summed E-state index contributed by atoms with van der Waals surface area (Å²) in [5.74, 6) is 1.67. The Labute approximate surface area is 289 Å². The topological polar surface area (TPSA) is 38.9 Å². The van der Waals surface area contributed by atoms with E-state index >= 15 is 0 Å². The van der Waals surface area contributed by atoms with Gasteiger partial charge in [-0.3, -0.25) is 0 Å². The maximum absolute atomic E-state index is 6.71. The van der Waals surface area contributed by atoms with Crippen molar-refractivity contribution >= 4 is 21.7 Å². The van der Waals surface area contributed by atoms with Crippen LogP contribution in [-0.2, 0) is 5.41 Å². The lowest BCUT2D eigenvalue weighted by atomic mass is 9.70. The van der Waals surface area contributed by atoms with Gasteiger partial charge in [-0.15, -0.1) is 0 Å². The molecule has 9 aromatic rings. The van der Waals surface area contributed by atoms with Crippen LogP contribution in [0.4, 0.5) is 0 Å². The van der Waals surface area contributed by atoms with Gasteiger partial charge < -0.3 is 4.42 Å². The maximum atomic E-state index is 6.71. The van der Waals surface area contributed by atoms with Crippen LogP contribution < -0.4 is 0 Å². The molecule has 0 bridgehead atoms. The molecule has 2 aliphatic carbocycles. The molecule has 7 aromatic carbocycles. The van der Waals surface area contributed by atoms with Crippen molar-refractivity contribution in [2.75, 3.05) is 0 Å². The zero-order valence-corrected chi connectivity index (χ0v) is 27.0. The van der Waals surface area contributed by atoms with Crippen LogP contribution in [0.25, 0.3) is 78.1 Å². The smallest absolute Gasteiger partial charge is 0.160 e. The average Bonchev–Trinajstić information content (AvgIpc) is 3.81. The van der Waals surface area contributed by atoms with Gasteiger partial charge in [-0.25, -0.2) is 9.97 Å². The molecule has 3 nitrogen and oxygen atoms in total. The number of benzene rings is 7. The molecule has 2 heterocycles. The molecule has 2 aliphatic rings. The highest BCUT2D eigenvalue weighted by molar-refractivity contribution is 6.04. The van der Waals surface area contributed by atoms with Gasteiger partial charge in [-0.05, 0) is 50.7 Å². The molecule has 11 rings (SSSR count). The summed E-state index contributed by atoms with van der Waals surface area (Å²) in [6.45, 7) is 0. The minimum atomic E-state index is -0.534. The van der Waals surface area contributed by atoms with Gasteiger partial charge in [0, 0.05) is 33.2 Å². The largest absolute Gasteiger partial charge is 0.456 e. The number of para-hydroxylation sites is 1. The standard InChI is InChI=1S/C47H28N2O/c1-2-15-30(16-3-1)46-48-40(32-22-12-17-29-14-4-5-18-31(29)32)28-41(49-46)35-23-13-26-39-43(35)33-19-6-9-24-37(33)47(39)38-25-10-7-20-34(38)45-44(47)36-21-8-11-27-42(36)50-45/h1-28H. The zero-order chi connectivity index (χ0) is 32.8. The van der Waals surface area contributed by atoms with E-state index in [0.29, 0.717) is 5.82 Å². The summed E-state index contributed by atoms with van der Waals surface area (Å²) in [6, 6.07) is 60.4. The predicted octanol–water partition coefficient (Wildman–Crippen LogP) is 11.7. The van der Waals surface area contributed by atoms with E-state index in [2.05, 4.69) is 152 Å². The van der Waals surface area contributed by atoms with Crippen LogP contribution in [0.15, 0.2) is 174 Å². The number of hydrogen-bond donors (Lipinski definition) is 0. The molecule has 0 saturated heterocycles. The SMILES string of the molecule is c1ccc(-c2nc(-c3cccc4c3-c3ccccc3C43c4ccccc4-c4oc5ccccc5c43)cc(-c3cccc4ccccc34)n2)cc1. The van der Waals surface area contributed by atoms with Crippen LogP contribution in [0, 0.1) is 0 Å². The highest BCUT2D eigenvalue weighted by Crippen LogP contribution is 2.65. The maximum Gasteiger partial charge on any atom is 0.160 e. The molecule has 0 N–H and O–H groups in total. The van der Waals surface area contributed by atoms with Gasteiger partial charge in [0.05, 0.1) is 16.8 Å². The summed E-state index contributed by atoms with van der Waals surface area (Å²) in [5.41, 5.74) is 13.9. The van der Waals surface area contributed by atoms with Crippen LogP contribution in [0.1, 0.15) is 22.3 Å². The lowest BCUT2D eigenvalue weighted by Crippen LogP contribution is -2.25. The second kappa shape index (κ2) is 10.2. The summed E-state index contributed by atoms with van der Waals surface area (Å²) in [7, 11) is 0. The first kappa shape index (κ1) is 27.4. The Balaban J connectivity index is 1.24. The third kappa shape index (κ3) is 3.58. The van der Waals surface area contributed by atoms with Crippen LogP contribution in [-0.4, -0.2) is 9.97 Å². The van der Waals surface area contributed by atoms with Crippen molar-refractivity contribution in [3.8, 4) is 56.4 Å². The van der Waals surface area contributed by atoms with Gasteiger partial charge in [0.2, 0.25) is 0 Å². The fourth-order valence-electron chi connectivity index (χ4n) is 8.74. The van der Waals surface area contributed by atoms with Gasteiger partial charge in [-0.2, -0.15) is 0 Å². The molecule has 0 fully saturated rings. The van der Waals surface area contributed by atoms with E-state index in [4.69, 9.17) is 14.4 Å². The van der Waals surface area contributed by atoms with E-state index in [-0.39, 0.29) is 0 Å². The highest BCUT2D eigenvalue weighted by atomic mass is 16.3. The Bertz CT molecular complexity index is 2830. The Morgan fingerprint density at radius 1 is 0.440 bits per heavy atom. The van der Waals surface area contributed by atoms with Crippen LogP contribution in [0.2, 0.25) is 0 Å². The fraction of sp³-hybridized carbons (Fsp3) is 0.0213. The summed E-state index contributed by atoms with van der Waals surface area (Å²) >= 11 is 0. The van der Waals surface area contributed by atoms with Crippen molar-refractivity contribution in [3.05, 3.63) is 192 Å². The molecule has 0 radical (unpaired) electrons. The lowest BCUT2D eigenvalue weighted by Gasteiger charge is -2.30. The number of fused-ring (bicyclic) bond motifs is 13. The van der Waals surface area contributed by atoms with Crippen molar-refractivity contribution in [2.24, 2.45) is 0 Å². The van der Waals surface area contributed by atoms with E-state index in [0.717, 1.165) is 50.4 Å². The molecule has 0 saturated carbocycles. The molecule has 232 valence electrons. The summed E-state index contributed by atoms with van der Waals surface area (Å²) in [4.78, 5) is 10.6. The summed E-state index contributed by atoms with van der Waals surface area (Å²) in [6.07, 6.45) is 0. The average molecular weight is 637 g/mol. The van der Waals surface area contributed by atoms with Gasteiger partial charge in [0.1, 0.15) is 11.3 Å². The van der Waals surface area contributed by atoms with Crippen molar-refractivity contribution in [3.63, 3.8) is 0 Å². The van der Waals surface area contributed by atoms with Crippen LogP contribution >= 0.6 is 0 Å². The second-order valence-corrected chi connectivity index (χ2v) is 13.2. The highest BCUT2D eigenvalue weighted by Gasteiger charge is 2.54. The summed E-state index contributed by atoms with van der Waals surface area (Å²) in [5, 5.41) is 3.51. The van der Waals surface area contributed by atoms with E-state index in [1.165, 1.54) is 44.2 Å². The Morgan fingerprint density at radius 2 is 1.02 bits per heavy atom. The quantitative estimate of drug-likeness (QED) is 0.194. The molecule has 0 aliphatic heterocycles. The molecule has 1 atom stereocenters. The molecule has 0 amide bonds. The van der Waals surface area contributed by atoms with Gasteiger partial charge in [0.25, 0.3) is 0 Å². The zero-order valence-electron chi connectivity index (χ0n) is 27.0. The van der Waals surface area contributed by atoms with E-state index in [1.807, 2.05) is 18.2 Å². The first-order chi connectivity index (χ1) is 24.8. The second-order valence-electron chi connectivity index (χ2n) is 13.2. The minimum Gasteiger partial charge on any atom is -0.456 e. The molecule has 1 unspecified atom stereocenters. The fourth-order valence-corrected chi connectivity index (χ4v) is 8.74. The monoisotopic (exact) mass is 636 g/mol. The third-order valence-corrected chi connectivity index (χ3v) is 10.7. The number of furan rings is 1. The first-order valence-electron chi connectivity index (χ1n) is 17.1. The van der Waals surface area contributed by atoms with Crippen molar-refractivity contribution in [2.45, 2.75) is 5.41 Å². The van der Waals surface area contributed by atoms with Crippen LogP contribution in [0.5, 0.6) is 0 Å². The van der Waals surface area contributed by atoms with E-state index in [9.17, 15) is 0 Å². The van der Waals surface area contributed by atoms with Crippen molar-refractivity contribution in [1.82, 2.24) is 9.97 Å². The van der Waals surface area contributed by atoms with Gasteiger partial charge in [-0.1, -0.05) is 158 Å². The van der Waals surface area contributed by atoms with Crippen molar-refractivity contribution in [1.29, 1.82) is 0 Å². The number of hydrogen-bond acceptors (Lipinski definition) is 3. The van der Waals surface area contributed by atoms with Gasteiger partial charge in [0.15, 0.2) is 5.82 Å². The molecule has 2 aromatic heterocycles. The van der Waals surface area contributed by atoms with Crippen molar-refractivity contribution < 1.29 is 4.42 Å². The van der Waals surface area contributed by atoms with Gasteiger partial charge >= 0.3 is 0 Å². The number of rotatable bonds is 3. The minimum absolute atomic E-state index is 0.534. The Hall–Kier alpha value is -6.58. The number of aromatic nitrogens is 2. The molecule has 1 spiro atoms. The lowest BCUT2D eigenvalue weighted by molar-refractivity contribution is 0.628. The molecule has 50 heavy (non-hydrogen) atoms. The Morgan fingerprint density at radius 3 is 1.88 bits per heavy atom. The molecular formula is C47H28N2O. The molecule has 3 heteroatoms. The predicted molar refractivity (Wildman–Crippen MR) is 202 cm³/mol. The number of nitrogens with zero attached hydrogens (tertiary/aromatic N) is 2. The van der Waals surface area contributed by atoms with Crippen LogP contribution in [0.3, 0.4) is 0 Å². The molecular weight excluding hydrogens is 609 g/mol. The first-order valence-corrected chi connectivity index (χ1v) is 17.1. The Kier molecular flexibility index (Phi) is 5.59. The van der Waals surface area contributed by atoms with E-state index < -0.39 is 5.41 Å². The van der Waals surface area contributed by atoms with E-state index in [1.54, 1.807) is 0 Å². The normalized spacial score (nSPS) is 15.3. The third-order valence-electron chi connectivity index (χ3n) is 10.7. The summed E-state index contributed by atoms with van der Waals surface area (Å²) < 4.78 is 6.71.